The van der Waals surface area contributed by atoms with Crippen LogP contribution in [0.4, 0.5) is 0 Å². The summed E-state index contributed by atoms with van der Waals surface area (Å²) in [6.07, 6.45) is 4.91. The van der Waals surface area contributed by atoms with Gasteiger partial charge in [-0.2, -0.15) is 5.26 Å². The average molecular weight is 235 g/mol. The van der Waals surface area contributed by atoms with Crippen LogP contribution < -0.4 is 0 Å². The normalized spacial score (nSPS) is 27.2. The smallest absolute Gasteiger partial charge is 0.153 e. The molecule has 2 heteroatoms. The summed E-state index contributed by atoms with van der Waals surface area (Å²) < 4.78 is 0. The van der Waals surface area contributed by atoms with Crippen molar-refractivity contribution in [2.45, 2.75) is 59.8 Å². The van der Waals surface area contributed by atoms with Crippen LogP contribution in [0.3, 0.4) is 0 Å². The molecule has 96 valence electrons. The van der Waals surface area contributed by atoms with Crippen molar-refractivity contribution in [3.05, 3.63) is 0 Å². The van der Waals surface area contributed by atoms with Crippen LogP contribution in [-0.4, -0.2) is 5.78 Å². The van der Waals surface area contributed by atoms with Crippen molar-refractivity contribution in [2.24, 2.45) is 23.2 Å². The van der Waals surface area contributed by atoms with Gasteiger partial charge < -0.3 is 0 Å². The Morgan fingerprint density at radius 3 is 2.18 bits per heavy atom. The van der Waals surface area contributed by atoms with Crippen LogP contribution in [-0.2, 0) is 4.79 Å². The quantitative estimate of drug-likeness (QED) is 0.743. The second kappa shape index (κ2) is 5.67. The molecular weight excluding hydrogens is 210 g/mol. The number of nitriles is 1. The number of carbonyl (C=O) groups excluding carboxylic acids is 1. The Morgan fingerprint density at radius 2 is 1.82 bits per heavy atom. The summed E-state index contributed by atoms with van der Waals surface area (Å²) >= 11 is 0. The minimum atomic E-state index is -0.369. The van der Waals surface area contributed by atoms with Crippen LogP contribution in [0.25, 0.3) is 0 Å². The zero-order valence-corrected chi connectivity index (χ0v) is 11.6. The third-order valence-corrected chi connectivity index (χ3v) is 4.26. The third kappa shape index (κ3) is 3.56. The second-order valence-corrected chi connectivity index (χ2v) is 6.41. The van der Waals surface area contributed by atoms with Gasteiger partial charge in [0.2, 0.25) is 0 Å². The zero-order valence-electron chi connectivity index (χ0n) is 11.6. The molecule has 1 rings (SSSR count). The summed E-state index contributed by atoms with van der Waals surface area (Å²) in [5, 5.41) is 8.94. The molecule has 2 nitrogen and oxygen atoms in total. The second-order valence-electron chi connectivity index (χ2n) is 6.41. The minimum absolute atomic E-state index is 0.151. The van der Waals surface area contributed by atoms with Crippen molar-refractivity contribution in [3.63, 3.8) is 0 Å². The molecule has 0 aliphatic heterocycles. The van der Waals surface area contributed by atoms with Gasteiger partial charge >= 0.3 is 0 Å². The first-order valence-corrected chi connectivity index (χ1v) is 6.83. The molecule has 0 saturated heterocycles. The van der Waals surface area contributed by atoms with Crippen molar-refractivity contribution >= 4 is 5.78 Å². The Morgan fingerprint density at radius 1 is 1.29 bits per heavy atom. The average Bonchev–Trinajstić information content (AvgIpc) is 2.29. The lowest BCUT2D eigenvalue weighted by molar-refractivity contribution is -0.126. The molecular formula is C15H25NO. The van der Waals surface area contributed by atoms with E-state index in [1.54, 1.807) is 0 Å². The molecule has 0 heterocycles. The predicted octanol–water partition coefficient (Wildman–Crippen LogP) is 3.96. The molecule has 0 aromatic carbocycles. The highest BCUT2D eigenvalue weighted by Crippen LogP contribution is 2.40. The Balaban J connectivity index is 2.53. The first kappa shape index (κ1) is 14.2. The minimum Gasteiger partial charge on any atom is -0.298 e. The van der Waals surface area contributed by atoms with E-state index in [4.69, 9.17) is 5.26 Å². The van der Waals surface area contributed by atoms with Crippen molar-refractivity contribution in [1.29, 1.82) is 5.26 Å². The van der Waals surface area contributed by atoms with Gasteiger partial charge in [0.05, 0.1) is 6.07 Å². The number of hydrogen-bond acceptors (Lipinski definition) is 2. The van der Waals surface area contributed by atoms with Gasteiger partial charge in [0.1, 0.15) is 5.92 Å². The van der Waals surface area contributed by atoms with Crippen LogP contribution in [0.5, 0.6) is 0 Å². The number of Topliss-reactive ketones (excluding diaryl/α,β-unsaturated/α-hetero) is 1. The van der Waals surface area contributed by atoms with E-state index in [1.807, 2.05) is 6.92 Å². The topological polar surface area (TPSA) is 40.9 Å². The van der Waals surface area contributed by atoms with Crippen LogP contribution >= 0.6 is 0 Å². The van der Waals surface area contributed by atoms with Gasteiger partial charge in [-0.25, -0.2) is 0 Å². The molecule has 0 N–H and O–H groups in total. The van der Waals surface area contributed by atoms with Gasteiger partial charge in [-0.3, -0.25) is 4.79 Å². The van der Waals surface area contributed by atoms with E-state index in [-0.39, 0.29) is 17.6 Å². The van der Waals surface area contributed by atoms with Gasteiger partial charge in [-0.1, -0.05) is 27.7 Å². The van der Waals surface area contributed by atoms with E-state index in [2.05, 4.69) is 26.8 Å². The monoisotopic (exact) mass is 235 g/mol. The molecule has 17 heavy (non-hydrogen) atoms. The molecule has 1 unspecified atom stereocenters. The van der Waals surface area contributed by atoms with Gasteiger partial charge in [-0.05, 0) is 43.4 Å². The molecule has 0 radical (unpaired) electrons. The van der Waals surface area contributed by atoms with Crippen LogP contribution in [0.1, 0.15) is 59.8 Å². The fourth-order valence-corrected chi connectivity index (χ4v) is 2.88. The van der Waals surface area contributed by atoms with Crippen LogP contribution in [0.2, 0.25) is 0 Å². The Bertz CT molecular complexity index is 300. The summed E-state index contributed by atoms with van der Waals surface area (Å²) in [5.41, 5.74) is 0.355. The molecule has 0 spiro atoms. The molecule has 1 saturated carbocycles. The fraction of sp³-hybridized carbons (Fsp3) is 0.867. The summed E-state index contributed by atoms with van der Waals surface area (Å²) in [6, 6.07) is 2.14. The lowest BCUT2D eigenvalue weighted by Crippen LogP contribution is -2.31. The summed E-state index contributed by atoms with van der Waals surface area (Å²) in [4.78, 5) is 12.1. The maximum Gasteiger partial charge on any atom is 0.153 e. The van der Waals surface area contributed by atoms with E-state index < -0.39 is 0 Å². The van der Waals surface area contributed by atoms with Gasteiger partial charge in [0.25, 0.3) is 0 Å². The van der Waals surface area contributed by atoms with Crippen molar-refractivity contribution in [1.82, 2.24) is 0 Å². The molecule has 0 amide bonds. The Labute approximate surface area is 105 Å². The molecule has 0 aromatic heterocycles. The zero-order chi connectivity index (χ0) is 13.1. The summed E-state index contributed by atoms with van der Waals surface area (Å²) in [7, 11) is 0. The fourth-order valence-electron chi connectivity index (χ4n) is 2.88. The third-order valence-electron chi connectivity index (χ3n) is 4.26. The number of hydrogen-bond donors (Lipinski definition) is 0. The molecule has 1 fully saturated rings. The van der Waals surface area contributed by atoms with Crippen molar-refractivity contribution in [2.75, 3.05) is 0 Å². The summed E-state index contributed by atoms with van der Waals surface area (Å²) in [5.74, 6) is 0.709. The Kier molecular flexibility index (Phi) is 4.74. The molecule has 1 aliphatic rings. The first-order valence-electron chi connectivity index (χ1n) is 6.83. The maximum atomic E-state index is 12.1. The van der Waals surface area contributed by atoms with E-state index >= 15 is 0 Å². The molecule has 0 bridgehead atoms. The van der Waals surface area contributed by atoms with Gasteiger partial charge in [0, 0.05) is 5.92 Å². The predicted molar refractivity (Wildman–Crippen MR) is 69.3 cm³/mol. The maximum absolute atomic E-state index is 12.1. The standard InChI is InChI=1S/C15H25NO/c1-5-11(10-16)14(17)12-6-8-13(9-7-12)15(2,3)4/h11-13H,5-9H2,1-4H3. The highest BCUT2D eigenvalue weighted by Gasteiger charge is 2.34. The Hall–Kier alpha value is -0.840. The largest absolute Gasteiger partial charge is 0.298 e. The number of carbonyl (C=O) groups is 1. The molecule has 1 aliphatic carbocycles. The highest BCUT2D eigenvalue weighted by molar-refractivity contribution is 5.85. The lowest BCUT2D eigenvalue weighted by atomic mass is 9.68. The van der Waals surface area contributed by atoms with E-state index in [0.717, 1.165) is 31.6 Å². The molecule has 1 atom stereocenters. The number of nitrogens with zero attached hydrogens (tertiary/aromatic N) is 1. The highest BCUT2D eigenvalue weighted by atomic mass is 16.1. The van der Waals surface area contributed by atoms with Crippen LogP contribution in [0.15, 0.2) is 0 Å². The molecule has 0 aromatic rings. The van der Waals surface area contributed by atoms with Gasteiger partial charge in [0.15, 0.2) is 5.78 Å². The number of ketones is 1. The van der Waals surface area contributed by atoms with Crippen LogP contribution in [0, 0.1) is 34.5 Å². The van der Waals surface area contributed by atoms with E-state index in [9.17, 15) is 4.79 Å². The van der Waals surface area contributed by atoms with E-state index in [1.165, 1.54) is 0 Å². The van der Waals surface area contributed by atoms with Gasteiger partial charge in [-0.15, -0.1) is 0 Å². The lowest BCUT2D eigenvalue weighted by Gasteiger charge is -2.36. The SMILES string of the molecule is CCC(C#N)C(=O)C1CCC(C(C)(C)C)CC1. The van der Waals surface area contributed by atoms with Crippen molar-refractivity contribution < 1.29 is 4.79 Å². The van der Waals surface area contributed by atoms with Crippen molar-refractivity contribution in [3.8, 4) is 6.07 Å². The van der Waals surface area contributed by atoms with E-state index in [0.29, 0.717) is 11.8 Å². The first-order chi connectivity index (χ1) is 7.90. The number of rotatable bonds is 3. The summed E-state index contributed by atoms with van der Waals surface area (Å²) in [6.45, 7) is 8.77.